The van der Waals surface area contributed by atoms with Gasteiger partial charge in [0.1, 0.15) is 5.75 Å². The van der Waals surface area contributed by atoms with Crippen molar-refractivity contribution < 1.29 is 9.53 Å². The lowest BCUT2D eigenvalue weighted by atomic mass is 10.2. The smallest absolute Gasteiger partial charge is 0.237 e. The Labute approximate surface area is 111 Å². The summed E-state index contributed by atoms with van der Waals surface area (Å²) in [6.45, 7) is 5.88. The number of hydrogen-bond donors (Lipinski definition) is 1. The molecular formula is C13H18BrNO2. The van der Waals surface area contributed by atoms with Gasteiger partial charge in [-0.15, -0.1) is 0 Å². The van der Waals surface area contributed by atoms with Gasteiger partial charge in [-0.05, 0) is 32.4 Å². The number of hydrogen-bond acceptors (Lipinski definition) is 2. The lowest BCUT2D eigenvalue weighted by molar-refractivity contribution is -0.115. The highest BCUT2D eigenvalue weighted by atomic mass is 79.9. The second-order valence-corrected chi connectivity index (χ2v) is 5.34. The number of anilines is 1. The van der Waals surface area contributed by atoms with Crippen LogP contribution in [-0.2, 0) is 4.79 Å². The van der Waals surface area contributed by atoms with E-state index in [2.05, 4.69) is 28.2 Å². The summed E-state index contributed by atoms with van der Waals surface area (Å²) < 4.78 is 5.68. The Kier molecular flexibility index (Phi) is 5.48. The van der Waals surface area contributed by atoms with Gasteiger partial charge in [0.05, 0.1) is 10.9 Å². The molecule has 1 rings (SSSR count). The van der Waals surface area contributed by atoms with Crippen molar-refractivity contribution in [3.8, 4) is 5.75 Å². The average molecular weight is 300 g/mol. The van der Waals surface area contributed by atoms with E-state index in [-0.39, 0.29) is 16.8 Å². The highest BCUT2D eigenvalue weighted by Crippen LogP contribution is 2.19. The predicted molar refractivity (Wildman–Crippen MR) is 73.8 cm³/mol. The molecule has 2 unspecified atom stereocenters. The summed E-state index contributed by atoms with van der Waals surface area (Å²) in [5.74, 6) is 0.713. The molecule has 1 amide bonds. The van der Waals surface area contributed by atoms with Crippen LogP contribution >= 0.6 is 15.9 Å². The van der Waals surface area contributed by atoms with E-state index in [0.717, 1.165) is 17.9 Å². The van der Waals surface area contributed by atoms with Crippen LogP contribution in [0.1, 0.15) is 27.2 Å². The van der Waals surface area contributed by atoms with Crippen LogP contribution in [0, 0.1) is 0 Å². The highest BCUT2D eigenvalue weighted by Gasteiger charge is 2.09. The van der Waals surface area contributed by atoms with Crippen LogP contribution < -0.4 is 10.1 Å². The number of amides is 1. The van der Waals surface area contributed by atoms with E-state index in [1.54, 1.807) is 6.92 Å². The number of nitrogens with one attached hydrogen (secondary N) is 1. The molecule has 94 valence electrons. The van der Waals surface area contributed by atoms with Crippen molar-refractivity contribution in [2.75, 3.05) is 5.32 Å². The molecule has 0 aromatic heterocycles. The van der Waals surface area contributed by atoms with Crippen molar-refractivity contribution in [3.63, 3.8) is 0 Å². The first-order valence-electron chi connectivity index (χ1n) is 5.74. The molecule has 0 saturated carbocycles. The molecule has 0 spiro atoms. The number of carbonyl (C=O) groups is 1. The maximum Gasteiger partial charge on any atom is 0.237 e. The second-order valence-electron chi connectivity index (χ2n) is 3.97. The van der Waals surface area contributed by atoms with E-state index >= 15 is 0 Å². The monoisotopic (exact) mass is 299 g/mol. The Bertz CT molecular complexity index is 379. The molecule has 3 nitrogen and oxygen atoms in total. The van der Waals surface area contributed by atoms with E-state index in [9.17, 15) is 4.79 Å². The van der Waals surface area contributed by atoms with E-state index in [4.69, 9.17) is 4.74 Å². The van der Waals surface area contributed by atoms with Crippen LogP contribution in [0.5, 0.6) is 5.75 Å². The van der Waals surface area contributed by atoms with E-state index in [1.807, 2.05) is 31.2 Å². The SMILES string of the molecule is CCC(C)Oc1cccc(NC(=O)C(C)Br)c1. The van der Waals surface area contributed by atoms with Crippen molar-refractivity contribution >= 4 is 27.5 Å². The number of ether oxygens (including phenoxy) is 1. The fourth-order valence-electron chi connectivity index (χ4n) is 1.20. The van der Waals surface area contributed by atoms with Gasteiger partial charge in [-0.2, -0.15) is 0 Å². The van der Waals surface area contributed by atoms with Crippen molar-refractivity contribution in [2.24, 2.45) is 0 Å². The van der Waals surface area contributed by atoms with Gasteiger partial charge in [0, 0.05) is 11.8 Å². The number of carbonyl (C=O) groups excluding carboxylic acids is 1. The quantitative estimate of drug-likeness (QED) is 0.844. The van der Waals surface area contributed by atoms with Crippen molar-refractivity contribution in [1.29, 1.82) is 0 Å². The lowest BCUT2D eigenvalue weighted by Gasteiger charge is -2.14. The standard InChI is InChI=1S/C13H18BrNO2/c1-4-9(2)17-12-7-5-6-11(8-12)15-13(16)10(3)14/h5-10H,4H2,1-3H3,(H,15,16). The molecule has 0 aliphatic heterocycles. The Morgan fingerprint density at radius 1 is 1.47 bits per heavy atom. The van der Waals surface area contributed by atoms with Gasteiger partial charge in [-0.25, -0.2) is 0 Å². The van der Waals surface area contributed by atoms with Gasteiger partial charge in [-0.3, -0.25) is 4.79 Å². The molecule has 0 bridgehead atoms. The fourth-order valence-corrected chi connectivity index (χ4v) is 1.32. The molecule has 0 radical (unpaired) electrons. The Balaban J connectivity index is 2.69. The van der Waals surface area contributed by atoms with Crippen LogP contribution in [0.15, 0.2) is 24.3 Å². The summed E-state index contributed by atoms with van der Waals surface area (Å²) in [7, 11) is 0. The number of alkyl halides is 1. The summed E-state index contributed by atoms with van der Waals surface area (Å²) in [6.07, 6.45) is 1.13. The van der Waals surface area contributed by atoms with Crippen molar-refractivity contribution in [2.45, 2.75) is 38.1 Å². The molecule has 0 aliphatic rings. The predicted octanol–water partition coefficient (Wildman–Crippen LogP) is 3.59. The Morgan fingerprint density at radius 3 is 2.76 bits per heavy atom. The summed E-state index contributed by atoms with van der Waals surface area (Å²) in [5, 5.41) is 2.81. The minimum Gasteiger partial charge on any atom is -0.491 e. The zero-order valence-corrected chi connectivity index (χ0v) is 12.0. The molecule has 0 saturated heterocycles. The fraction of sp³-hybridized carbons (Fsp3) is 0.462. The van der Waals surface area contributed by atoms with Gasteiger partial charge in [0.25, 0.3) is 0 Å². The first kappa shape index (κ1) is 14.0. The largest absolute Gasteiger partial charge is 0.491 e. The summed E-state index contributed by atoms with van der Waals surface area (Å²) in [4.78, 5) is 11.3. The molecule has 17 heavy (non-hydrogen) atoms. The molecule has 1 aromatic rings. The third-order valence-electron chi connectivity index (χ3n) is 2.38. The van der Waals surface area contributed by atoms with Crippen molar-refractivity contribution in [1.82, 2.24) is 0 Å². The third kappa shape index (κ3) is 4.77. The molecular weight excluding hydrogens is 282 g/mol. The van der Waals surface area contributed by atoms with Gasteiger partial charge < -0.3 is 10.1 Å². The van der Waals surface area contributed by atoms with Gasteiger partial charge in [0.15, 0.2) is 0 Å². The molecule has 0 aliphatic carbocycles. The van der Waals surface area contributed by atoms with Gasteiger partial charge in [0.2, 0.25) is 5.91 Å². The third-order valence-corrected chi connectivity index (χ3v) is 2.79. The van der Waals surface area contributed by atoms with Gasteiger partial charge >= 0.3 is 0 Å². The number of rotatable bonds is 5. The molecule has 4 heteroatoms. The topological polar surface area (TPSA) is 38.3 Å². The van der Waals surface area contributed by atoms with Crippen LogP contribution in [0.25, 0.3) is 0 Å². The lowest BCUT2D eigenvalue weighted by Crippen LogP contribution is -2.19. The molecule has 1 aromatic carbocycles. The summed E-state index contributed by atoms with van der Waals surface area (Å²) in [6, 6.07) is 7.43. The van der Waals surface area contributed by atoms with E-state index in [1.165, 1.54) is 0 Å². The maximum absolute atomic E-state index is 11.5. The Morgan fingerprint density at radius 2 is 2.18 bits per heavy atom. The molecule has 2 atom stereocenters. The van der Waals surface area contributed by atoms with Crippen LogP contribution in [-0.4, -0.2) is 16.8 Å². The van der Waals surface area contributed by atoms with Crippen molar-refractivity contribution in [3.05, 3.63) is 24.3 Å². The minimum atomic E-state index is -0.207. The van der Waals surface area contributed by atoms with Crippen LogP contribution in [0.4, 0.5) is 5.69 Å². The first-order chi connectivity index (χ1) is 8.02. The van der Waals surface area contributed by atoms with Crippen LogP contribution in [0.3, 0.4) is 0 Å². The first-order valence-corrected chi connectivity index (χ1v) is 6.66. The molecule has 1 N–H and O–H groups in total. The normalized spacial score (nSPS) is 13.9. The number of benzene rings is 1. The van der Waals surface area contributed by atoms with E-state index in [0.29, 0.717) is 0 Å². The van der Waals surface area contributed by atoms with Crippen LogP contribution in [0.2, 0.25) is 0 Å². The zero-order valence-electron chi connectivity index (χ0n) is 10.4. The number of halogens is 1. The second kappa shape index (κ2) is 6.64. The van der Waals surface area contributed by atoms with Gasteiger partial charge in [-0.1, -0.05) is 28.9 Å². The zero-order chi connectivity index (χ0) is 12.8. The summed E-state index contributed by atoms with van der Waals surface area (Å²) >= 11 is 3.22. The highest BCUT2D eigenvalue weighted by molar-refractivity contribution is 9.10. The average Bonchev–Trinajstić information content (AvgIpc) is 2.29. The minimum absolute atomic E-state index is 0.0642. The molecule has 0 fully saturated rings. The Hall–Kier alpha value is -1.03. The van der Waals surface area contributed by atoms with E-state index < -0.39 is 0 Å². The summed E-state index contributed by atoms with van der Waals surface area (Å²) in [5.41, 5.74) is 0.752. The molecule has 0 heterocycles. The maximum atomic E-state index is 11.5.